The topological polar surface area (TPSA) is 127 Å². The molecule has 2 aromatic rings. The predicted octanol–water partition coefficient (Wildman–Crippen LogP) is 2.71. The molecule has 2 aromatic carbocycles. The van der Waals surface area contributed by atoms with E-state index in [0.717, 1.165) is 11.6 Å². The van der Waals surface area contributed by atoms with E-state index in [1.807, 2.05) is 6.92 Å². The zero-order chi connectivity index (χ0) is 21.3. The average Bonchev–Trinajstić information content (AvgIpc) is 2.67. The third kappa shape index (κ3) is 4.05. The fourth-order valence-corrected chi connectivity index (χ4v) is 5.01. The smallest absolute Gasteiger partial charge is 0.299 e. The van der Waals surface area contributed by atoms with E-state index in [2.05, 4.69) is 0 Å². The predicted molar refractivity (Wildman–Crippen MR) is 106 cm³/mol. The maximum Gasteiger partial charge on any atom is 0.299 e. The Morgan fingerprint density at radius 3 is 2.21 bits per heavy atom. The van der Waals surface area contributed by atoms with Crippen molar-refractivity contribution in [1.29, 1.82) is 0 Å². The third-order valence-electron chi connectivity index (χ3n) is 4.90. The van der Waals surface area contributed by atoms with Gasteiger partial charge in [-0.1, -0.05) is 17.7 Å². The lowest BCUT2D eigenvalue weighted by atomic mass is 10.1. The second-order valence-electron chi connectivity index (χ2n) is 6.91. The highest BCUT2D eigenvalue weighted by Gasteiger charge is 2.35. The van der Waals surface area contributed by atoms with Crippen molar-refractivity contribution in [1.82, 2.24) is 4.31 Å². The standard InChI is InChI=1S/C18H20N4O6S/c1-13-3-6-16(7-4-13)29(27,28)20-10-9-19(12-14(20)2)17-8-5-15(21(23)24)11-18(17)22(25)26/h3-8,11,14H,9-10,12H2,1-2H3/t14-/m0/s1. The van der Waals surface area contributed by atoms with Crippen molar-refractivity contribution in [2.24, 2.45) is 0 Å². The second-order valence-corrected chi connectivity index (χ2v) is 8.80. The molecule has 10 nitrogen and oxygen atoms in total. The molecule has 0 radical (unpaired) electrons. The van der Waals surface area contributed by atoms with E-state index in [1.165, 1.54) is 16.4 Å². The molecule has 29 heavy (non-hydrogen) atoms. The van der Waals surface area contributed by atoms with E-state index >= 15 is 0 Å². The summed E-state index contributed by atoms with van der Waals surface area (Å²) in [5, 5.41) is 22.3. The van der Waals surface area contributed by atoms with Crippen LogP contribution in [0.3, 0.4) is 0 Å². The number of piperazine rings is 1. The van der Waals surface area contributed by atoms with Crippen molar-refractivity contribution < 1.29 is 18.3 Å². The van der Waals surface area contributed by atoms with Gasteiger partial charge in [0.25, 0.3) is 11.4 Å². The summed E-state index contributed by atoms with van der Waals surface area (Å²) in [6, 6.07) is 9.62. The zero-order valence-electron chi connectivity index (χ0n) is 15.9. The SMILES string of the molecule is Cc1ccc(S(=O)(=O)N2CCN(c3ccc([N+](=O)[O-])cc3[N+](=O)[O-])C[C@@H]2C)cc1. The summed E-state index contributed by atoms with van der Waals surface area (Å²) in [4.78, 5) is 22.9. The molecule has 1 fully saturated rings. The fraction of sp³-hybridized carbons (Fsp3) is 0.333. The first kappa shape index (κ1) is 20.7. The van der Waals surface area contributed by atoms with Crippen LogP contribution >= 0.6 is 0 Å². The Hall–Kier alpha value is -3.05. The molecule has 0 saturated carbocycles. The average molecular weight is 420 g/mol. The largest absolute Gasteiger partial charge is 0.363 e. The van der Waals surface area contributed by atoms with Crippen LogP contribution in [0, 0.1) is 27.2 Å². The van der Waals surface area contributed by atoms with Crippen LogP contribution in [0.15, 0.2) is 47.4 Å². The molecule has 1 aliphatic rings. The Bertz CT molecular complexity index is 1050. The van der Waals surface area contributed by atoms with Crippen molar-refractivity contribution >= 4 is 27.1 Å². The van der Waals surface area contributed by atoms with Crippen LogP contribution in [-0.2, 0) is 10.0 Å². The van der Waals surface area contributed by atoms with Gasteiger partial charge in [0, 0.05) is 31.7 Å². The van der Waals surface area contributed by atoms with Crippen molar-refractivity contribution in [3.8, 4) is 0 Å². The van der Waals surface area contributed by atoms with E-state index in [9.17, 15) is 28.6 Å². The van der Waals surface area contributed by atoms with Gasteiger partial charge in [-0.3, -0.25) is 20.2 Å². The van der Waals surface area contributed by atoms with Crippen LogP contribution in [0.1, 0.15) is 12.5 Å². The second kappa shape index (κ2) is 7.76. The molecule has 0 unspecified atom stereocenters. The van der Waals surface area contributed by atoms with Crippen molar-refractivity contribution in [3.05, 3.63) is 68.3 Å². The van der Waals surface area contributed by atoms with Crippen LogP contribution in [-0.4, -0.2) is 48.2 Å². The summed E-state index contributed by atoms with van der Waals surface area (Å²) in [6.07, 6.45) is 0. The molecule has 0 bridgehead atoms. The van der Waals surface area contributed by atoms with E-state index in [0.29, 0.717) is 0 Å². The monoisotopic (exact) mass is 420 g/mol. The molecule has 3 rings (SSSR count). The lowest BCUT2D eigenvalue weighted by Crippen LogP contribution is -2.54. The number of sulfonamides is 1. The molecule has 1 saturated heterocycles. The maximum absolute atomic E-state index is 13.0. The first-order valence-corrected chi connectivity index (χ1v) is 10.3. The summed E-state index contributed by atoms with van der Waals surface area (Å²) < 4.78 is 27.3. The van der Waals surface area contributed by atoms with Gasteiger partial charge in [0.1, 0.15) is 5.69 Å². The number of hydrogen-bond donors (Lipinski definition) is 0. The Labute approximate surface area is 167 Å². The van der Waals surface area contributed by atoms with Gasteiger partial charge in [0.05, 0.1) is 20.8 Å². The van der Waals surface area contributed by atoms with Gasteiger partial charge in [-0.05, 0) is 32.0 Å². The maximum atomic E-state index is 13.0. The lowest BCUT2D eigenvalue weighted by Gasteiger charge is -2.39. The number of rotatable bonds is 5. The van der Waals surface area contributed by atoms with Crippen LogP contribution in [0.25, 0.3) is 0 Å². The Morgan fingerprint density at radius 2 is 1.66 bits per heavy atom. The van der Waals surface area contributed by atoms with Crippen LogP contribution in [0.2, 0.25) is 0 Å². The quantitative estimate of drug-likeness (QED) is 0.537. The van der Waals surface area contributed by atoms with Gasteiger partial charge < -0.3 is 4.90 Å². The van der Waals surface area contributed by atoms with Gasteiger partial charge in [-0.25, -0.2) is 8.42 Å². The molecule has 1 heterocycles. The molecule has 1 atom stereocenters. The van der Waals surface area contributed by atoms with Gasteiger partial charge in [0.15, 0.2) is 0 Å². The number of aryl methyl sites for hydroxylation is 1. The summed E-state index contributed by atoms with van der Waals surface area (Å²) in [7, 11) is -3.69. The lowest BCUT2D eigenvalue weighted by molar-refractivity contribution is -0.393. The van der Waals surface area contributed by atoms with E-state index in [-0.39, 0.29) is 41.6 Å². The number of nitro benzene ring substituents is 2. The highest BCUT2D eigenvalue weighted by molar-refractivity contribution is 7.89. The number of nitro groups is 2. The summed E-state index contributed by atoms with van der Waals surface area (Å²) in [5.41, 5.74) is 0.447. The van der Waals surface area contributed by atoms with E-state index in [4.69, 9.17) is 0 Å². The van der Waals surface area contributed by atoms with Crippen LogP contribution < -0.4 is 4.90 Å². The van der Waals surface area contributed by atoms with Crippen LogP contribution in [0.5, 0.6) is 0 Å². The van der Waals surface area contributed by atoms with Crippen molar-refractivity contribution in [2.45, 2.75) is 24.8 Å². The van der Waals surface area contributed by atoms with E-state index in [1.54, 1.807) is 36.1 Å². The minimum atomic E-state index is -3.69. The Morgan fingerprint density at radius 1 is 1.00 bits per heavy atom. The highest BCUT2D eigenvalue weighted by atomic mass is 32.2. The molecule has 11 heteroatoms. The summed E-state index contributed by atoms with van der Waals surface area (Å²) >= 11 is 0. The zero-order valence-corrected chi connectivity index (χ0v) is 16.7. The molecular weight excluding hydrogens is 400 g/mol. The number of non-ortho nitro benzene ring substituents is 1. The summed E-state index contributed by atoms with van der Waals surface area (Å²) in [5.74, 6) is 0. The van der Waals surface area contributed by atoms with Gasteiger partial charge in [-0.2, -0.15) is 4.31 Å². The minimum absolute atomic E-state index is 0.144. The Balaban J connectivity index is 1.86. The molecule has 0 aliphatic carbocycles. The molecule has 0 aromatic heterocycles. The van der Waals surface area contributed by atoms with Crippen molar-refractivity contribution in [3.63, 3.8) is 0 Å². The minimum Gasteiger partial charge on any atom is -0.363 e. The molecule has 0 amide bonds. The van der Waals surface area contributed by atoms with Crippen LogP contribution in [0.4, 0.5) is 17.1 Å². The highest BCUT2D eigenvalue weighted by Crippen LogP contribution is 2.34. The molecule has 154 valence electrons. The van der Waals surface area contributed by atoms with Gasteiger partial charge in [-0.15, -0.1) is 0 Å². The van der Waals surface area contributed by atoms with Crippen molar-refractivity contribution in [2.75, 3.05) is 24.5 Å². The molecule has 0 N–H and O–H groups in total. The van der Waals surface area contributed by atoms with E-state index < -0.39 is 25.9 Å². The third-order valence-corrected chi connectivity index (χ3v) is 6.93. The van der Waals surface area contributed by atoms with Gasteiger partial charge in [0.2, 0.25) is 10.0 Å². The number of nitrogens with zero attached hydrogens (tertiary/aromatic N) is 4. The number of benzene rings is 2. The number of anilines is 1. The molecule has 0 spiro atoms. The first-order valence-electron chi connectivity index (χ1n) is 8.87. The Kier molecular flexibility index (Phi) is 5.53. The first-order chi connectivity index (χ1) is 13.6. The summed E-state index contributed by atoms with van der Waals surface area (Å²) in [6.45, 7) is 4.20. The van der Waals surface area contributed by atoms with Gasteiger partial charge >= 0.3 is 0 Å². The number of hydrogen-bond acceptors (Lipinski definition) is 7. The fourth-order valence-electron chi connectivity index (χ4n) is 3.40. The normalized spacial score (nSPS) is 17.9. The molecular formula is C18H20N4O6S. The molecule has 1 aliphatic heterocycles.